The lowest BCUT2D eigenvalue weighted by Gasteiger charge is -2.24. The molecule has 0 heterocycles. The van der Waals surface area contributed by atoms with E-state index in [-0.39, 0.29) is 5.97 Å². The molecule has 0 N–H and O–H groups in total. The molecule has 0 aromatic rings. The van der Waals surface area contributed by atoms with Crippen molar-refractivity contribution in [1.82, 2.24) is 4.90 Å². The summed E-state index contributed by atoms with van der Waals surface area (Å²) in [4.78, 5) is 13.5. The molecule has 3 nitrogen and oxygen atoms in total. The van der Waals surface area contributed by atoms with Gasteiger partial charge >= 0.3 is 5.97 Å². The lowest BCUT2D eigenvalue weighted by molar-refractivity contribution is -0.140. The first-order valence-corrected chi connectivity index (χ1v) is 15.0. The second-order valence-corrected chi connectivity index (χ2v) is 10.6. The molecule has 1 atom stereocenters. The highest BCUT2D eigenvalue weighted by atomic mass is 16.5. The SMILES string of the molecule is CCCCCCCCCC(CCCCCCCCCC/C=C\CCCCCC(=O)OC)N(C)C. The molecular weight excluding hydrogens is 418 g/mol. The van der Waals surface area contributed by atoms with Gasteiger partial charge in [-0.05, 0) is 59.0 Å². The van der Waals surface area contributed by atoms with E-state index in [1.807, 2.05) is 0 Å². The molecule has 0 radical (unpaired) electrons. The van der Waals surface area contributed by atoms with E-state index in [9.17, 15) is 4.79 Å². The highest BCUT2D eigenvalue weighted by molar-refractivity contribution is 5.68. The number of rotatable bonds is 26. The molecule has 0 amide bonds. The number of carbonyl (C=O) groups excluding carboxylic acids is 1. The van der Waals surface area contributed by atoms with E-state index in [2.05, 4.69) is 42.8 Å². The summed E-state index contributed by atoms with van der Waals surface area (Å²) in [5.41, 5.74) is 0. The summed E-state index contributed by atoms with van der Waals surface area (Å²) < 4.78 is 4.66. The third kappa shape index (κ3) is 24.3. The minimum atomic E-state index is -0.0809. The van der Waals surface area contributed by atoms with E-state index < -0.39 is 0 Å². The van der Waals surface area contributed by atoms with Crippen LogP contribution in [0.5, 0.6) is 0 Å². The van der Waals surface area contributed by atoms with Gasteiger partial charge in [0.2, 0.25) is 0 Å². The van der Waals surface area contributed by atoms with Crippen molar-refractivity contribution in [2.24, 2.45) is 0 Å². The summed E-state index contributed by atoms with van der Waals surface area (Å²) in [5.74, 6) is -0.0809. The van der Waals surface area contributed by atoms with E-state index in [1.54, 1.807) is 0 Å². The van der Waals surface area contributed by atoms with E-state index in [1.165, 1.54) is 129 Å². The zero-order valence-electron chi connectivity index (χ0n) is 23.8. The van der Waals surface area contributed by atoms with Gasteiger partial charge in [-0.3, -0.25) is 4.79 Å². The third-order valence-corrected chi connectivity index (χ3v) is 7.18. The Bertz CT molecular complexity index is 447. The van der Waals surface area contributed by atoms with Gasteiger partial charge in [0.25, 0.3) is 0 Å². The molecule has 0 aliphatic carbocycles. The van der Waals surface area contributed by atoms with Crippen LogP contribution in [-0.2, 0) is 9.53 Å². The molecule has 0 fully saturated rings. The Kier molecular flexibility index (Phi) is 26.1. The smallest absolute Gasteiger partial charge is 0.305 e. The molecule has 0 bridgehead atoms. The molecule has 202 valence electrons. The van der Waals surface area contributed by atoms with E-state index in [0.29, 0.717) is 6.42 Å². The van der Waals surface area contributed by atoms with E-state index >= 15 is 0 Å². The average molecular weight is 480 g/mol. The molecule has 0 aromatic carbocycles. The number of nitrogens with zero attached hydrogens (tertiary/aromatic N) is 1. The number of methoxy groups -OCH3 is 1. The molecule has 0 aromatic heterocycles. The summed E-state index contributed by atoms with van der Waals surface area (Å²) in [6, 6.07) is 0.795. The Morgan fingerprint density at radius 3 is 1.50 bits per heavy atom. The summed E-state index contributed by atoms with van der Waals surface area (Å²) in [7, 11) is 6.01. The maximum Gasteiger partial charge on any atom is 0.305 e. The molecule has 3 heteroatoms. The Morgan fingerprint density at radius 2 is 1.06 bits per heavy atom. The van der Waals surface area contributed by atoms with Crippen molar-refractivity contribution in [1.29, 1.82) is 0 Å². The van der Waals surface area contributed by atoms with Gasteiger partial charge in [0.05, 0.1) is 7.11 Å². The van der Waals surface area contributed by atoms with Crippen LogP contribution in [0.15, 0.2) is 12.2 Å². The molecule has 34 heavy (non-hydrogen) atoms. The standard InChI is InChI=1S/C31H61NO2/c1-5-6-7-8-18-21-24-27-30(32(2)3)28-25-22-19-16-14-12-10-9-11-13-15-17-20-23-26-29-31(33)34-4/h13,15,30H,5-12,14,16-29H2,1-4H3/b15-13-. The van der Waals surface area contributed by atoms with Gasteiger partial charge in [-0.2, -0.15) is 0 Å². The third-order valence-electron chi connectivity index (χ3n) is 7.18. The minimum Gasteiger partial charge on any atom is -0.469 e. The number of esters is 1. The van der Waals surface area contributed by atoms with Crippen LogP contribution < -0.4 is 0 Å². The average Bonchev–Trinajstić information content (AvgIpc) is 2.83. The van der Waals surface area contributed by atoms with Gasteiger partial charge < -0.3 is 9.64 Å². The van der Waals surface area contributed by atoms with Crippen LogP contribution in [0.2, 0.25) is 0 Å². The number of hydrogen-bond acceptors (Lipinski definition) is 3. The van der Waals surface area contributed by atoms with Crippen LogP contribution in [0.1, 0.15) is 155 Å². The Labute approximate surface area is 214 Å². The van der Waals surface area contributed by atoms with Crippen molar-refractivity contribution in [2.45, 2.75) is 161 Å². The summed E-state index contributed by atoms with van der Waals surface area (Å²) in [6.45, 7) is 2.30. The number of carbonyl (C=O) groups is 1. The monoisotopic (exact) mass is 479 g/mol. The molecule has 0 aliphatic rings. The maximum absolute atomic E-state index is 11.0. The number of unbranched alkanes of at least 4 members (excludes halogenated alkanes) is 17. The summed E-state index contributed by atoms with van der Waals surface area (Å²) in [6.07, 6.45) is 34.8. The van der Waals surface area contributed by atoms with Gasteiger partial charge in [0.1, 0.15) is 0 Å². The molecule has 0 aliphatic heterocycles. The van der Waals surface area contributed by atoms with Crippen molar-refractivity contribution in [3.8, 4) is 0 Å². The second-order valence-electron chi connectivity index (χ2n) is 10.6. The number of ether oxygens (including phenoxy) is 1. The fourth-order valence-electron chi connectivity index (χ4n) is 4.75. The lowest BCUT2D eigenvalue weighted by Crippen LogP contribution is -2.27. The van der Waals surface area contributed by atoms with Crippen molar-refractivity contribution < 1.29 is 9.53 Å². The van der Waals surface area contributed by atoms with Crippen LogP contribution in [0.25, 0.3) is 0 Å². The largest absolute Gasteiger partial charge is 0.469 e. The zero-order chi connectivity index (χ0) is 25.1. The van der Waals surface area contributed by atoms with Crippen LogP contribution >= 0.6 is 0 Å². The van der Waals surface area contributed by atoms with Gasteiger partial charge in [0.15, 0.2) is 0 Å². The zero-order valence-corrected chi connectivity index (χ0v) is 23.8. The maximum atomic E-state index is 11.0. The fourth-order valence-corrected chi connectivity index (χ4v) is 4.75. The minimum absolute atomic E-state index is 0.0809. The lowest BCUT2D eigenvalue weighted by atomic mass is 9.99. The summed E-state index contributed by atoms with van der Waals surface area (Å²) in [5, 5.41) is 0. The highest BCUT2D eigenvalue weighted by Gasteiger charge is 2.10. The fraction of sp³-hybridized carbons (Fsp3) is 0.903. The first-order chi connectivity index (χ1) is 16.6. The normalized spacial score (nSPS) is 12.6. The number of allylic oxidation sites excluding steroid dienone is 2. The Balaban J connectivity index is 3.41. The van der Waals surface area contributed by atoms with Gasteiger partial charge in [-0.15, -0.1) is 0 Å². The first kappa shape index (κ1) is 33.2. The molecule has 0 saturated carbocycles. The topological polar surface area (TPSA) is 29.5 Å². The van der Waals surface area contributed by atoms with Crippen molar-refractivity contribution in [3.05, 3.63) is 12.2 Å². The van der Waals surface area contributed by atoms with Gasteiger partial charge in [0, 0.05) is 12.5 Å². The second kappa shape index (κ2) is 26.8. The van der Waals surface area contributed by atoms with Gasteiger partial charge in [-0.1, -0.05) is 115 Å². The van der Waals surface area contributed by atoms with Crippen LogP contribution in [-0.4, -0.2) is 38.1 Å². The van der Waals surface area contributed by atoms with Crippen LogP contribution in [0.4, 0.5) is 0 Å². The van der Waals surface area contributed by atoms with Crippen molar-refractivity contribution in [2.75, 3.05) is 21.2 Å². The molecule has 0 rings (SSSR count). The summed E-state index contributed by atoms with van der Waals surface area (Å²) >= 11 is 0. The van der Waals surface area contributed by atoms with Crippen molar-refractivity contribution >= 4 is 5.97 Å². The van der Waals surface area contributed by atoms with Gasteiger partial charge in [-0.25, -0.2) is 0 Å². The molecule has 0 spiro atoms. The van der Waals surface area contributed by atoms with E-state index in [0.717, 1.165) is 25.3 Å². The number of hydrogen-bond donors (Lipinski definition) is 0. The van der Waals surface area contributed by atoms with Crippen LogP contribution in [0.3, 0.4) is 0 Å². The highest BCUT2D eigenvalue weighted by Crippen LogP contribution is 2.17. The predicted molar refractivity (Wildman–Crippen MR) is 150 cm³/mol. The Hall–Kier alpha value is -0.830. The quantitative estimate of drug-likeness (QED) is 0.0702. The molecular formula is C31H61NO2. The van der Waals surface area contributed by atoms with Crippen molar-refractivity contribution in [3.63, 3.8) is 0 Å². The predicted octanol–water partition coefficient (Wildman–Crippen LogP) is 9.64. The molecule has 1 unspecified atom stereocenters. The van der Waals surface area contributed by atoms with Crippen LogP contribution in [0, 0.1) is 0 Å². The Morgan fingerprint density at radius 1 is 0.647 bits per heavy atom. The first-order valence-electron chi connectivity index (χ1n) is 15.0. The molecule has 0 saturated heterocycles. The van der Waals surface area contributed by atoms with E-state index in [4.69, 9.17) is 0 Å².